The molecule has 1 saturated heterocycles. The molecule has 0 radical (unpaired) electrons. The van der Waals surface area contributed by atoms with Gasteiger partial charge in [0.1, 0.15) is 0 Å². The monoisotopic (exact) mass is 260 g/mol. The van der Waals surface area contributed by atoms with Crippen LogP contribution in [-0.4, -0.2) is 23.7 Å². The maximum atomic E-state index is 5.95. The van der Waals surface area contributed by atoms with Crippen LogP contribution in [0.25, 0.3) is 0 Å². The lowest BCUT2D eigenvalue weighted by atomic mass is 9.83. The van der Waals surface area contributed by atoms with Gasteiger partial charge in [-0.15, -0.1) is 0 Å². The maximum absolute atomic E-state index is 5.95. The molecule has 2 heterocycles. The molecule has 0 bridgehead atoms. The number of fused-ring (bicyclic) bond motifs is 1. The summed E-state index contributed by atoms with van der Waals surface area (Å²) in [5, 5.41) is 3.76. The van der Waals surface area contributed by atoms with Gasteiger partial charge in [0.2, 0.25) is 0 Å². The molecule has 1 aliphatic heterocycles. The van der Waals surface area contributed by atoms with E-state index in [1.54, 1.807) is 0 Å². The molecule has 4 atom stereocenters. The quantitative estimate of drug-likeness (QED) is 0.907. The minimum Gasteiger partial charge on any atom is -0.376 e. The Balaban J connectivity index is 1.65. The van der Waals surface area contributed by atoms with Crippen LogP contribution in [0, 0.1) is 12.8 Å². The highest BCUT2D eigenvalue weighted by Crippen LogP contribution is 2.35. The fourth-order valence-electron chi connectivity index (χ4n) is 3.55. The number of hydrogen-bond donors (Lipinski definition) is 1. The van der Waals surface area contributed by atoms with E-state index in [0.29, 0.717) is 24.1 Å². The molecule has 4 unspecified atom stereocenters. The lowest BCUT2D eigenvalue weighted by molar-refractivity contribution is 0.0663. The Morgan fingerprint density at radius 2 is 2.16 bits per heavy atom. The summed E-state index contributed by atoms with van der Waals surface area (Å²) in [4.78, 5) is 4.29. The normalized spacial score (nSPS) is 32.0. The van der Waals surface area contributed by atoms with Crippen LogP contribution in [0.1, 0.15) is 49.8 Å². The molecular weight excluding hydrogens is 236 g/mol. The largest absolute Gasteiger partial charge is 0.376 e. The topological polar surface area (TPSA) is 34.2 Å². The number of pyridine rings is 1. The summed E-state index contributed by atoms with van der Waals surface area (Å²) in [5.74, 6) is 0.717. The molecule has 1 aromatic rings. The first-order valence-corrected chi connectivity index (χ1v) is 7.53. The lowest BCUT2D eigenvalue weighted by Crippen LogP contribution is -2.39. The van der Waals surface area contributed by atoms with E-state index >= 15 is 0 Å². The highest BCUT2D eigenvalue weighted by molar-refractivity contribution is 5.19. The van der Waals surface area contributed by atoms with Crippen LogP contribution >= 0.6 is 0 Å². The second-order valence-corrected chi connectivity index (χ2v) is 6.11. The van der Waals surface area contributed by atoms with Crippen molar-refractivity contribution in [3.8, 4) is 0 Å². The molecule has 0 spiro atoms. The zero-order valence-corrected chi connectivity index (χ0v) is 11.9. The van der Waals surface area contributed by atoms with Gasteiger partial charge >= 0.3 is 0 Å². The summed E-state index contributed by atoms with van der Waals surface area (Å²) in [5.41, 5.74) is 2.50. The Kier molecular flexibility index (Phi) is 3.85. The van der Waals surface area contributed by atoms with E-state index in [9.17, 15) is 0 Å². The van der Waals surface area contributed by atoms with Gasteiger partial charge in [0.15, 0.2) is 0 Å². The van der Waals surface area contributed by atoms with Crippen LogP contribution in [0.3, 0.4) is 0 Å². The van der Waals surface area contributed by atoms with E-state index in [1.807, 2.05) is 12.4 Å². The molecule has 19 heavy (non-hydrogen) atoms. The fourth-order valence-corrected chi connectivity index (χ4v) is 3.55. The van der Waals surface area contributed by atoms with Crippen molar-refractivity contribution in [2.75, 3.05) is 6.61 Å². The smallest absolute Gasteiger partial charge is 0.0627 e. The molecule has 2 fully saturated rings. The molecule has 1 N–H and O–H groups in total. The van der Waals surface area contributed by atoms with Crippen molar-refractivity contribution in [1.82, 2.24) is 10.3 Å². The third-order valence-electron chi connectivity index (χ3n) is 4.62. The summed E-state index contributed by atoms with van der Waals surface area (Å²) in [7, 11) is 0. The lowest BCUT2D eigenvalue weighted by Gasteiger charge is -2.29. The van der Waals surface area contributed by atoms with Gasteiger partial charge in [-0.1, -0.05) is 18.9 Å². The van der Waals surface area contributed by atoms with Crippen LogP contribution in [0.2, 0.25) is 0 Å². The fraction of sp³-hybridized carbons (Fsp3) is 0.688. The van der Waals surface area contributed by atoms with Crippen LogP contribution in [0.15, 0.2) is 18.5 Å². The Hall–Kier alpha value is -0.930. The van der Waals surface area contributed by atoms with Gasteiger partial charge in [0.05, 0.1) is 12.7 Å². The van der Waals surface area contributed by atoms with E-state index in [-0.39, 0.29) is 0 Å². The SMILES string of the molecule is Cc1cncc(C(C)NC2COC3CCCCC23)c1. The third-order valence-corrected chi connectivity index (χ3v) is 4.62. The van der Waals surface area contributed by atoms with E-state index < -0.39 is 0 Å². The molecule has 3 rings (SSSR count). The van der Waals surface area contributed by atoms with Crippen molar-refractivity contribution in [2.45, 2.75) is 57.7 Å². The van der Waals surface area contributed by atoms with Gasteiger partial charge in [0, 0.05) is 30.4 Å². The predicted molar refractivity (Wildman–Crippen MR) is 76.0 cm³/mol. The van der Waals surface area contributed by atoms with Crippen molar-refractivity contribution in [2.24, 2.45) is 5.92 Å². The highest BCUT2D eigenvalue weighted by Gasteiger charge is 2.38. The molecule has 1 aliphatic carbocycles. The minimum absolute atomic E-state index is 0.349. The van der Waals surface area contributed by atoms with Crippen LogP contribution in [0.5, 0.6) is 0 Å². The number of aryl methyl sites for hydroxylation is 1. The number of rotatable bonds is 3. The summed E-state index contributed by atoms with van der Waals surface area (Å²) < 4.78 is 5.95. The molecule has 2 aliphatic rings. The zero-order valence-electron chi connectivity index (χ0n) is 11.9. The number of hydrogen-bond acceptors (Lipinski definition) is 3. The molecule has 1 aromatic heterocycles. The Morgan fingerprint density at radius 1 is 1.32 bits per heavy atom. The molecule has 3 nitrogen and oxygen atoms in total. The van der Waals surface area contributed by atoms with Gasteiger partial charge in [-0.25, -0.2) is 0 Å². The molecule has 104 valence electrons. The van der Waals surface area contributed by atoms with Crippen LogP contribution in [-0.2, 0) is 4.74 Å². The van der Waals surface area contributed by atoms with Gasteiger partial charge in [-0.2, -0.15) is 0 Å². The van der Waals surface area contributed by atoms with Gasteiger partial charge in [-0.05, 0) is 37.8 Å². The third kappa shape index (κ3) is 2.82. The second kappa shape index (κ2) is 5.59. The summed E-state index contributed by atoms with van der Waals surface area (Å²) in [6, 6.07) is 3.08. The number of nitrogens with one attached hydrogen (secondary N) is 1. The summed E-state index contributed by atoms with van der Waals surface area (Å²) in [6.45, 7) is 5.20. The second-order valence-electron chi connectivity index (χ2n) is 6.11. The van der Waals surface area contributed by atoms with E-state index in [4.69, 9.17) is 4.74 Å². The van der Waals surface area contributed by atoms with Gasteiger partial charge in [0.25, 0.3) is 0 Å². The molecule has 3 heteroatoms. The number of nitrogens with zero attached hydrogens (tertiary/aromatic N) is 1. The van der Waals surface area contributed by atoms with Gasteiger partial charge < -0.3 is 10.1 Å². The Bertz CT molecular complexity index is 435. The number of ether oxygens (including phenoxy) is 1. The zero-order chi connectivity index (χ0) is 13.2. The highest BCUT2D eigenvalue weighted by atomic mass is 16.5. The molecule has 0 aromatic carbocycles. The van der Waals surface area contributed by atoms with Crippen molar-refractivity contribution in [3.63, 3.8) is 0 Å². The summed E-state index contributed by atoms with van der Waals surface area (Å²) >= 11 is 0. The number of aromatic nitrogens is 1. The van der Waals surface area contributed by atoms with Gasteiger partial charge in [-0.3, -0.25) is 4.98 Å². The Morgan fingerprint density at radius 3 is 3.00 bits per heavy atom. The van der Waals surface area contributed by atoms with Crippen molar-refractivity contribution in [3.05, 3.63) is 29.6 Å². The molecular formula is C16H24N2O. The summed E-state index contributed by atoms with van der Waals surface area (Å²) in [6.07, 6.45) is 9.66. The van der Waals surface area contributed by atoms with E-state index in [1.165, 1.54) is 36.8 Å². The Labute approximate surface area is 115 Å². The van der Waals surface area contributed by atoms with E-state index in [0.717, 1.165) is 6.61 Å². The first kappa shape index (κ1) is 13.1. The van der Waals surface area contributed by atoms with Crippen LogP contribution in [0.4, 0.5) is 0 Å². The predicted octanol–water partition coefficient (Wildman–Crippen LogP) is 3.00. The standard InChI is InChI=1S/C16H24N2O/c1-11-7-13(9-17-8-11)12(2)18-15-10-19-16-6-4-3-5-14(15)16/h7-9,12,14-16,18H,3-6,10H2,1-2H3. The molecule has 1 saturated carbocycles. The van der Waals surface area contributed by atoms with Crippen molar-refractivity contribution < 1.29 is 4.74 Å². The molecule has 0 amide bonds. The van der Waals surface area contributed by atoms with Crippen molar-refractivity contribution in [1.29, 1.82) is 0 Å². The van der Waals surface area contributed by atoms with E-state index in [2.05, 4.69) is 30.2 Å². The minimum atomic E-state index is 0.349. The first-order valence-electron chi connectivity index (χ1n) is 7.53. The average Bonchev–Trinajstić information content (AvgIpc) is 2.82. The van der Waals surface area contributed by atoms with Crippen molar-refractivity contribution >= 4 is 0 Å². The average molecular weight is 260 g/mol. The first-order chi connectivity index (χ1) is 9.24. The maximum Gasteiger partial charge on any atom is 0.0627 e. The van der Waals surface area contributed by atoms with Crippen LogP contribution < -0.4 is 5.32 Å².